The second-order valence-electron chi connectivity index (χ2n) is 21.1. The predicted octanol–water partition coefficient (Wildman–Crippen LogP) is 17.4. The lowest BCUT2D eigenvalue weighted by atomic mass is 9.66. The Morgan fingerprint density at radius 2 is 0.964 bits per heavy atom. The van der Waals surface area contributed by atoms with Crippen molar-refractivity contribution in [1.82, 2.24) is 24.5 Å². The van der Waals surface area contributed by atoms with Crippen molar-refractivity contribution in [3.63, 3.8) is 0 Å². The molecule has 10 heteroatoms. The van der Waals surface area contributed by atoms with Gasteiger partial charge in [-0.05, 0) is 135 Å². The number of nitriles is 1. The van der Waals surface area contributed by atoms with Crippen molar-refractivity contribution in [1.29, 1.82) is 5.26 Å². The number of benzene rings is 8. The largest absolute Gasteiger partial charge is 0.457 e. The highest BCUT2D eigenvalue weighted by Gasteiger charge is 2.54. The fourth-order valence-electron chi connectivity index (χ4n) is 13.7. The molecule has 2 aliphatic heterocycles. The SMILES string of the molecule is Brc1cnc2c(c1)C1(c3ccccc3Oc3ccccc31)c1cccnc1-2.N#Cc1ccc2c(c1)c1ccccc1n2-c1cnc2c(c1)C1(c3ccccc3Oc3ccccc31)c1cccnc1-2.[C-]#[N+]c1ccc2c(c1)-c1ccccc1C2. The highest BCUT2D eigenvalue weighted by molar-refractivity contribution is 9.10. The first-order valence-corrected chi connectivity index (χ1v) is 28.1. The first-order chi connectivity index (χ1) is 41.0. The third kappa shape index (κ3) is 6.97. The zero-order valence-electron chi connectivity index (χ0n) is 44.1. The summed E-state index contributed by atoms with van der Waals surface area (Å²) in [4.78, 5) is 22.9. The second-order valence-corrected chi connectivity index (χ2v) is 22.0. The van der Waals surface area contributed by atoms with E-state index >= 15 is 0 Å². The topological polar surface area (TPSA) is 103 Å². The predicted molar refractivity (Wildman–Crippen MR) is 327 cm³/mol. The van der Waals surface area contributed by atoms with Gasteiger partial charge in [-0.2, -0.15) is 5.26 Å². The molecule has 83 heavy (non-hydrogen) atoms. The Morgan fingerprint density at radius 1 is 0.458 bits per heavy atom. The fourth-order valence-corrected chi connectivity index (χ4v) is 14.0. The summed E-state index contributed by atoms with van der Waals surface area (Å²) in [5, 5.41) is 11.7. The molecule has 5 aliphatic rings. The zero-order chi connectivity index (χ0) is 55.4. The van der Waals surface area contributed by atoms with Gasteiger partial charge in [0.1, 0.15) is 23.0 Å². The van der Waals surface area contributed by atoms with Gasteiger partial charge in [0.25, 0.3) is 0 Å². The smallest absolute Gasteiger partial charge is 0.187 e. The summed E-state index contributed by atoms with van der Waals surface area (Å²) in [6.07, 6.45) is 8.46. The van der Waals surface area contributed by atoms with Crippen molar-refractivity contribution in [3.8, 4) is 68.7 Å². The Morgan fingerprint density at radius 3 is 1.58 bits per heavy atom. The van der Waals surface area contributed by atoms with Gasteiger partial charge in [-0.25, -0.2) is 4.85 Å². The number of halogens is 1. The molecule has 5 aromatic heterocycles. The van der Waals surface area contributed by atoms with E-state index in [0.29, 0.717) is 5.56 Å². The third-order valence-corrected chi connectivity index (χ3v) is 17.4. The zero-order valence-corrected chi connectivity index (χ0v) is 45.7. The van der Waals surface area contributed by atoms with Crippen LogP contribution in [0.25, 0.3) is 66.2 Å². The van der Waals surface area contributed by atoms with Crippen LogP contribution in [-0.2, 0) is 17.3 Å². The van der Waals surface area contributed by atoms with E-state index in [9.17, 15) is 5.26 Å². The van der Waals surface area contributed by atoms with E-state index in [1.54, 1.807) is 0 Å². The first kappa shape index (κ1) is 48.2. The van der Waals surface area contributed by atoms with E-state index in [-0.39, 0.29) is 0 Å². The maximum Gasteiger partial charge on any atom is 0.187 e. The number of fused-ring (bicyclic) bond motifs is 24. The molecule has 0 saturated carbocycles. The van der Waals surface area contributed by atoms with Crippen LogP contribution in [0.3, 0.4) is 0 Å². The highest BCUT2D eigenvalue weighted by Crippen LogP contribution is 2.63. The van der Waals surface area contributed by atoms with E-state index in [1.165, 1.54) is 22.3 Å². The Bertz CT molecular complexity index is 4900. The summed E-state index contributed by atoms with van der Waals surface area (Å²) in [5.41, 5.74) is 21.0. The Balaban J connectivity index is 0.000000115. The summed E-state index contributed by atoms with van der Waals surface area (Å²) in [6, 6.07) is 76.8. The number of nitrogens with zero attached hydrogens (tertiary/aromatic N) is 7. The van der Waals surface area contributed by atoms with Crippen molar-refractivity contribution in [2.24, 2.45) is 0 Å². The summed E-state index contributed by atoms with van der Waals surface area (Å²) in [7, 11) is 0. The van der Waals surface area contributed by atoms with Crippen molar-refractivity contribution >= 4 is 43.4 Å². The van der Waals surface area contributed by atoms with E-state index < -0.39 is 10.8 Å². The Hall–Kier alpha value is -10.8. The van der Waals surface area contributed by atoms with Crippen LogP contribution >= 0.6 is 15.9 Å². The van der Waals surface area contributed by atoms with Gasteiger partial charge in [0.15, 0.2) is 5.69 Å². The molecule has 0 amide bonds. The van der Waals surface area contributed by atoms with E-state index in [2.05, 4.69) is 153 Å². The van der Waals surface area contributed by atoms with Gasteiger partial charge in [-0.15, -0.1) is 0 Å². The van der Waals surface area contributed by atoms with Gasteiger partial charge in [0, 0.05) is 67.2 Å². The van der Waals surface area contributed by atoms with Crippen LogP contribution in [0.5, 0.6) is 23.0 Å². The van der Waals surface area contributed by atoms with E-state index in [4.69, 9.17) is 36.0 Å². The molecule has 0 radical (unpaired) electrons. The molecule has 0 saturated heterocycles. The first-order valence-electron chi connectivity index (χ1n) is 27.3. The molecule has 0 unspecified atom stereocenters. The van der Waals surface area contributed by atoms with Crippen molar-refractivity contribution < 1.29 is 9.47 Å². The third-order valence-electron chi connectivity index (χ3n) is 17.0. The quantitative estimate of drug-likeness (QED) is 0.151. The van der Waals surface area contributed by atoms with Gasteiger partial charge < -0.3 is 14.0 Å². The second kappa shape index (κ2) is 18.7. The molecule has 2 spiro atoms. The lowest BCUT2D eigenvalue weighted by molar-refractivity contribution is 0.436. The minimum atomic E-state index is -0.639. The molecule has 388 valence electrons. The number of aromatic nitrogens is 5. The molecule has 0 N–H and O–H groups in total. The summed E-state index contributed by atoms with van der Waals surface area (Å²) >= 11 is 3.63. The molecule has 3 aliphatic carbocycles. The fraction of sp³-hybridized carbons (Fsp3) is 0.0411. The molecular formula is C73H42BrN7O2. The van der Waals surface area contributed by atoms with Gasteiger partial charge in [0.2, 0.25) is 0 Å². The standard InChI is InChI=1S/C36H20N4O.C23H13BrN2O.C14H9N/c37-20-22-15-16-31-25(18-22)24-8-1-4-12-30(24)40(31)23-19-29-35(39-21-23)34-28(11-7-17-38-34)36(29)26-9-2-5-13-32(26)41-33-14-6-3-10-27(33)36;24-14-12-18-22(26-13-14)21-17(8-5-11-25-21)23(18)15-6-1-3-9-19(15)27-20-10-4-2-7-16(20)23;1-15-12-7-6-11-8-10-4-2-3-5-13(10)14(11)9-12/h1-19,21H;1-13H;2-7,9H,8H2. The van der Waals surface area contributed by atoms with Crippen LogP contribution in [0.4, 0.5) is 5.69 Å². The number of pyridine rings is 4. The monoisotopic (exact) mass is 1130 g/mol. The molecule has 0 fully saturated rings. The van der Waals surface area contributed by atoms with Crippen LogP contribution in [0.1, 0.15) is 61.2 Å². The molecule has 9 nitrogen and oxygen atoms in total. The average molecular weight is 1130 g/mol. The van der Waals surface area contributed by atoms with Crippen LogP contribution in [0.15, 0.2) is 248 Å². The van der Waals surface area contributed by atoms with Gasteiger partial charge >= 0.3 is 0 Å². The molecule has 0 bridgehead atoms. The van der Waals surface area contributed by atoms with Crippen molar-refractivity contribution in [2.45, 2.75) is 17.3 Å². The maximum atomic E-state index is 9.60. The summed E-state index contributed by atoms with van der Waals surface area (Å²) in [5.74, 6) is 3.41. The number of hydrogen-bond acceptors (Lipinski definition) is 7. The van der Waals surface area contributed by atoms with Crippen LogP contribution in [0, 0.1) is 17.9 Å². The Labute approximate surface area is 486 Å². The normalized spacial score (nSPS) is 13.7. The van der Waals surface area contributed by atoms with E-state index in [1.807, 2.05) is 122 Å². The number of rotatable bonds is 1. The minimum Gasteiger partial charge on any atom is -0.457 e. The molecule has 13 aromatic rings. The van der Waals surface area contributed by atoms with Crippen molar-refractivity contribution in [3.05, 3.63) is 320 Å². The number of ether oxygens (including phenoxy) is 2. The maximum absolute atomic E-state index is 9.60. The molecule has 18 rings (SSSR count). The lowest BCUT2D eigenvalue weighted by Crippen LogP contribution is -2.32. The highest BCUT2D eigenvalue weighted by atomic mass is 79.9. The van der Waals surface area contributed by atoms with Crippen molar-refractivity contribution in [2.75, 3.05) is 0 Å². The number of hydrogen-bond donors (Lipinski definition) is 0. The molecule has 7 heterocycles. The average Bonchev–Trinajstić information content (AvgIpc) is 1.78. The van der Waals surface area contributed by atoms with Gasteiger partial charge in [-0.1, -0.05) is 140 Å². The lowest BCUT2D eigenvalue weighted by Gasteiger charge is -2.38. The van der Waals surface area contributed by atoms with E-state index in [0.717, 1.165) is 134 Å². The van der Waals surface area contributed by atoms with Crippen LogP contribution in [-0.4, -0.2) is 24.5 Å². The van der Waals surface area contributed by atoms with Crippen LogP contribution in [0.2, 0.25) is 0 Å². The van der Waals surface area contributed by atoms with Crippen LogP contribution < -0.4 is 9.47 Å². The van der Waals surface area contributed by atoms with Gasteiger partial charge in [0.05, 0.1) is 74.7 Å². The number of para-hydroxylation sites is 5. The van der Waals surface area contributed by atoms with Gasteiger partial charge in [-0.3, -0.25) is 19.9 Å². The summed E-state index contributed by atoms with van der Waals surface area (Å²) < 4.78 is 15.9. The molecule has 0 atom stereocenters. The Kier molecular flexibility index (Phi) is 10.8. The molecule has 8 aromatic carbocycles. The molecular weight excluding hydrogens is 1090 g/mol. The minimum absolute atomic E-state index is 0.485. The summed E-state index contributed by atoms with van der Waals surface area (Å²) in [6.45, 7) is 7.02.